The largest absolute Gasteiger partial charge is 0.385 e. The maximum Gasteiger partial charge on any atom is 0.0462 e. The van der Waals surface area contributed by atoms with Gasteiger partial charge in [-0.3, -0.25) is 0 Å². The molecule has 0 rings (SSSR count). The molecule has 0 radical (unpaired) electrons. The van der Waals surface area contributed by atoms with Gasteiger partial charge in [0.2, 0.25) is 0 Å². The maximum absolute atomic E-state index is 5.44. The van der Waals surface area contributed by atoms with Crippen molar-refractivity contribution in [3.8, 4) is 0 Å². The first-order valence-corrected chi connectivity index (χ1v) is 4.50. The van der Waals surface area contributed by atoms with Gasteiger partial charge in [0.05, 0.1) is 0 Å². The van der Waals surface area contributed by atoms with Crippen molar-refractivity contribution in [1.82, 2.24) is 0 Å². The van der Waals surface area contributed by atoms with E-state index in [2.05, 4.69) is 6.92 Å². The minimum atomic E-state index is 0.789. The molecule has 0 bridgehead atoms. The van der Waals surface area contributed by atoms with Crippen molar-refractivity contribution in [2.24, 2.45) is 11.7 Å². The van der Waals surface area contributed by atoms with Crippen LogP contribution in [0.2, 0.25) is 0 Å². The number of hydrogen-bond donors (Lipinski definition) is 1. The van der Waals surface area contributed by atoms with E-state index in [1.54, 1.807) is 7.11 Å². The second kappa shape index (κ2) is 8.02. The van der Waals surface area contributed by atoms with Crippen molar-refractivity contribution >= 4 is 0 Å². The molecule has 2 heteroatoms. The van der Waals surface area contributed by atoms with E-state index in [9.17, 15) is 0 Å². The Balaban J connectivity index is 2.97. The summed E-state index contributed by atoms with van der Waals surface area (Å²) in [5, 5.41) is 0. The van der Waals surface area contributed by atoms with Gasteiger partial charge in [0.25, 0.3) is 0 Å². The van der Waals surface area contributed by atoms with Crippen LogP contribution in [-0.2, 0) is 4.74 Å². The molecular weight excluding hydrogens is 138 g/mol. The summed E-state index contributed by atoms with van der Waals surface area (Å²) >= 11 is 0. The van der Waals surface area contributed by atoms with Crippen LogP contribution in [0.15, 0.2) is 0 Å². The normalized spacial score (nSPS) is 13.4. The van der Waals surface area contributed by atoms with E-state index in [-0.39, 0.29) is 0 Å². The highest BCUT2D eigenvalue weighted by Crippen LogP contribution is 2.10. The molecule has 0 aliphatic rings. The van der Waals surface area contributed by atoms with Crippen LogP contribution in [-0.4, -0.2) is 20.3 Å². The highest BCUT2D eigenvalue weighted by Gasteiger charge is 1.99. The molecule has 0 aliphatic carbocycles. The first-order valence-electron chi connectivity index (χ1n) is 4.50. The molecule has 0 aromatic rings. The Bertz CT molecular complexity index is 76.0. The Morgan fingerprint density at radius 1 is 1.27 bits per heavy atom. The lowest BCUT2D eigenvalue weighted by Gasteiger charge is -2.08. The van der Waals surface area contributed by atoms with Gasteiger partial charge in [-0.25, -0.2) is 0 Å². The van der Waals surface area contributed by atoms with Gasteiger partial charge in [0, 0.05) is 13.7 Å². The molecule has 0 aromatic heterocycles. The summed E-state index contributed by atoms with van der Waals surface area (Å²) in [5.41, 5.74) is 5.44. The molecule has 11 heavy (non-hydrogen) atoms. The van der Waals surface area contributed by atoms with Crippen molar-refractivity contribution in [3.05, 3.63) is 0 Å². The Morgan fingerprint density at radius 3 is 2.55 bits per heavy atom. The van der Waals surface area contributed by atoms with Crippen molar-refractivity contribution in [3.63, 3.8) is 0 Å². The fourth-order valence-corrected chi connectivity index (χ4v) is 1.17. The van der Waals surface area contributed by atoms with Crippen LogP contribution >= 0.6 is 0 Å². The van der Waals surface area contributed by atoms with Gasteiger partial charge in [-0.15, -0.1) is 0 Å². The molecule has 0 fully saturated rings. The number of unbranched alkanes of at least 4 members (excludes halogenated alkanes) is 1. The Labute approximate surface area is 70.1 Å². The standard InChI is InChI=1S/C9H21NO/c1-9(6-7-10)5-3-4-8-11-2/h9H,3-8,10H2,1-2H3. The molecule has 0 saturated carbocycles. The van der Waals surface area contributed by atoms with Gasteiger partial charge in [0.1, 0.15) is 0 Å². The molecule has 1 atom stereocenters. The molecule has 68 valence electrons. The van der Waals surface area contributed by atoms with Crippen LogP contribution in [0.5, 0.6) is 0 Å². The van der Waals surface area contributed by atoms with E-state index < -0.39 is 0 Å². The van der Waals surface area contributed by atoms with E-state index in [0.717, 1.165) is 25.5 Å². The van der Waals surface area contributed by atoms with Crippen molar-refractivity contribution in [1.29, 1.82) is 0 Å². The van der Waals surface area contributed by atoms with Crippen LogP contribution in [0.4, 0.5) is 0 Å². The highest BCUT2D eigenvalue weighted by atomic mass is 16.5. The summed E-state index contributed by atoms with van der Waals surface area (Å²) < 4.78 is 4.96. The van der Waals surface area contributed by atoms with Gasteiger partial charge in [0.15, 0.2) is 0 Å². The van der Waals surface area contributed by atoms with E-state index >= 15 is 0 Å². The van der Waals surface area contributed by atoms with Crippen LogP contribution in [0.25, 0.3) is 0 Å². The Morgan fingerprint density at radius 2 is 2.00 bits per heavy atom. The third-order valence-corrected chi connectivity index (χ3v) is 1.95. The van der Waals surface area contributed by atoms with Crippen LogP contribution < -0.4 is 5.73 Å². The molecule has 1 unspecified atom stereocenters. The lowest BCUT2D eigenvalue weighted by atomic mass is 10.0. The SMILES string of the molecule is COCCCCC(C)CCN. The number of hydrogen-bond acceptors (Lipinski definition) is 2. The van der Waals surface area contributed by atoms with E-state index in [1.807, 2.05) is 0 Å². The second-order valence-electron chi connectivity index (χ2n) is 3.17. The molecule has 0 aromatic carbocycles. The number of nitrogens with two attached hydrogens (primary N) is 1. The minimum Gasteiger partial charge on any atom is -0.385 e. The van der Waals surface area contributed by atoms with E-state index in [0.29, 0.717) is 0 Å². The molecule has 2 nitrogen and oxygen atoms in total. The van der Waals surface area contributed by atoms with Gasteiger partial charge in [-0.05, 0) is 25.3 Å². The van der Waals surface area contributed by atoms with Gasteiger partial charge < -0.3 is 10.5 Å². The van der Waals surface area contributed by atoms with Crippen molar-refractivity contribution in [2.45, 2.75) is 32.6 Å². The van der Waals surface area contributed by atoms with Crippen molar-refractivity contribution in [2.75, 3.05) is 20.3 Å². The molecule has 0 amide bonds. The summed E-state index contributed by atoms with van der Waals surface area (Å²) in [6.45, 7) is 3.99. The quantitative estimate of drug-likeness (QED) is 0.575. The van der Waals surface area contributed by atoms with Gasteiger partial charge >= 0.3 is 0 Å². The van der Waals surface area contributed by atoms with E-state index in [4.69, 9.17) is 10.5 Å². The fourth-order valence-electron chi connectivity index (χ4n) is 1.17. The summed E-state index contributed by atoms with van der Waals surface area (Å²) in [6.07, 6.45) is 4.91. The second-order valence-corrected chi connectivity index (χ2v) is 3.17. The highest BCUT2D eigenvalue weighted by molar-refractivity contribution is 4.53. The third-order valence-electron chi connectivity index (χ3n) is 1.95. The molecule has 0 saturated heterocycles. The van der Waals surface area contributed by atoms with Gasteiger partial charge in [-0.1, -0.05) is 19.8 Å². The average molecular weight is 159 g/mol. The monoisotopic (exact) mass is 159 g/mol. The molecule has 0 aliphatic heterocycles. The first-order chi connectivity index (χ1) is 5.31. The molecular formula is C9H21NO. The Hall–Kier alpha value is -0.0800. The van der Waals surface area contributed by atoms with Crippen LogP contribution in [0, 0.1) is 5.92 Å². The predicted octanol–water partition coefficient (Wildman–Crippen LogP) is 1.79. The third kappa shape index (κ3) is 7.82. The summed E-state index contributed by atoms with van der Waals surface area (Å²) in [5.74, 6) is 0.789. The van der Waals surface area contributed by atoms with Crippen molar-refractivity contribution < 1.29 is 4.74 Å². The first kappa shape index (κ1) is 10.9. The zero-order valence-electron chi connectivity index (χ0n) is 7.81. The summed E-state index contributed by atoms with van der Waals surface area (Å²) in [6, 6.07) is 0. The number of methoxy groups -OCH3 is 1. The maximum atomic E-state index is 5.44. The minimum absolute atomic E-state index is 0.789. The lowest BCUT2D eigenvalue weighted by molar-refractivity contribution is 0.190. The smallest absolute Gasteiger partial charge is 0.0462 e. The predicted molar refractivity (Wildman–Crippen MR) is 48.6 cm³/mol. The van der Waals surface area contributed by atoms with Gasteiger partial charge in [-0.2, -0.15) is 0 Å². The fraction of sp³-hybridized carbons (Fsp3) is 1.00. The lowest BCUT2D eigenvalue weighted by Crippen LogP contribution is -2.05. The van der Waals surface area contributed by atoms with Crippen LogP contribution in [0.1, 0.15) is 32.6 Å². The zero-order chi connectivity index (χ0) is 8.53. The number of ether oxygens (including phenoxy) is 1. The number of rotatable bonds is 7. The van der Waals surface area contributed by atoms with Crippen LogP contribution in [0.3, 0.4) is 0 Å². The average Bonchev–Trinajstić information content (AvgIpc) is 1.99. The Kier molecular flexibility index (Phi) is 7.96. The van der Waals surface area contributed by atoms with E-state index in [1.165, 1.54) is 19.3 Å². The summed E-state index contributed by atoms with van der Waals surface area (Å²) in [4.78, 5) is 0. The molecule has 0 spiro atoms. The molecule has 0 heterocycles. The summed E-state index contributed by atoms with van der Waals surface area (Å²) in [7, 11) is 1.75. The topological polar surface area (TPSA) is 35.2 Å². The zero-order valence-corrected chi connectivity index (χ0v) is 7.81. The molecule has 2 N–H and O–H groups in total.